The Bertz CT molecular complexity index is 1150. The molecule has 2 N–H and O–H groups in total. The Morgan fingerprint density at radius 1 is 1.00 bits per heavy atom. The predicted octanol–water partition coefficient (Wildman–Crippen LogP) is 2.52. The molecule has 2 aromatic carbocycles. The molecule has 1 fully saturated rings. The minimum absolute atomic E-state index is 0.0369. The molecule has 1 aliphatic rings. The second-order valence-electron chi connectivity index (χ2n) is 7.99. The third kappa shape index (κ3) is 5.17. The minimum Gasteiger partial charge on any atom is -0.451 e. The highest BCUT2D eigenvalue weighted by Gasteiger charge is 2.27. The maximum absolute atomic E-state index is 13.1. The Balaban J connectivity index is 1.91. The lowest BCUT2D eigenvalue weighted by molar-refractivity contribution is 0.0318. The number of benzene rings is 2. The van der Waals surface area contributed by atoms with Crippen molar-refractivity contribution in [1.29, 1.82) is 0 Å². The van der Waals surface area contributed by atoms with Gasteiger partial charge in [0.15, 0.2) is 6.10 Å². The number of carbonyl (C=O) groups is 2. The fourth-order valence-electron chi connectivity index (χ4n) is 3.66. The number of hydrogen-bond donors (Lipinski definition) is 1. The number of rotatable bonds is 6. The van der Waals surface area contributed by atoms with Crippen molar-refractivity contribution in [1.82, 2.24) is 0 Å². The van der Waals surface area contributed by atoms with Crippen molar-refractivity contribution in [3.05, 3.63) is 58.1 Å². The average Bonchev–Trinajstić information content (AvgIpc) is 2.75. The van der Waals surface area contributed by atoms with Gasteiger partial charge in [-0.3, -0.25) is 4.79 Å². The summed E-state index contributed by atoms with van der Waals surface area (Å²) in [6, 6.07) is 7.79. The van der Waals surface area contributed by atoms with Gasteiger partial charge in [0.05, 0.1) is 29.4 Å². The van der Waals surface area contributed by atoms with E-state index < -0.39 is 22.1 Å². The Hall–Kier alpha value is -2.75. The van der Waals surface area contributed by atoms with Crippen LogP contribution in [0.3, 0.4) is 0 Å². The first-order chi connectivity index (χ1) is 15.0. The minimum atomic E-state index is -4.03. The summed E-state index contributed by atoms with van der Waals surface area (Å²) in [6.07, 6.45) is -1.06. The van der Waals surface area contributed by atoms with Crippen LogP contribution in [0.1, 0.15) is 44.3 Å². The number of hydrogen-bond acceptors (Lipinski definition) is 7. The zero-order chi connectivity index (χ0) is 23.6. The number of ether oxygens (including phenoxy) is 2. The molecule has 0 aromatic heterocycles. The van der Waals surface area contributed by atoms with Gasteiger partial charge in [0.1, 0.15) is 0 Å². The quantitative estimate of drug-likeness (QED) is 0.520. The van der Waals surface area contributed by atoms with Crippen molar-refractivity contribution in [3.8, 4) is 0 Å². The van der Waals surface area contributed by atoms with E-state index in [4.69, 9.17) is 14.6 Å². The van der Waals surface area contributed by atoms with Gasteiger partial charge in [0.2, 0.25) is 15.8 Å². The Morgan fingerprint density at radius 3 is 2.25 bits per heavy atom. The van der Waals surface area contributed by atoms with Gasteiger partial charge in [-0.2, -0.15) is 0 Å². The highest BCUT2D eigenvalue weighted by atomic mass is 32.2. The van der Waals surface area contributed by atoms with Crippen LogP contribution in [0.25, 0.3) is 0 Å². The molecule has 0 aliphatic carbocycles. The highest BCUT2D eigenvalue weighted by molar-refractivity contribution is 7.89. The summed E-state index contributed by atoms with van der Waals surface area (Å²) >= 11 is 0. The second kappa shape index (κ2) is 9.40. The van der Waals surface area contributed by atoms with Gasteiger partial charge in [-0.15, -0.1) is 0 Å². The number of morpholine rings is 1. The van der Waals surface area contributed by atoms with E-state index in [0.29, 0.717) is 37.6 Å². The summed E-state index contributed by atoms with van der Waals surface area (Å²) in [5.74, 6) is -1.12. The first-order valence-electron chi connectivity index (χ1n) is 10.3. The van der Waals surface area contributed by atoms with E-state index in [1.807, 2.05) is 31.7 Å². The number of primary sulfonamides is 1. The van der Waals surface area contributed by atoms with Gasteiger partial charge in [-0.25, -0.2) is 18.4 Å². The number of nitrogens with zero attached hydrogens (tertiary/aromatic N) is 1. The molecule has 0 bridgehead atoms. The van der Waals surface area contributed by atoms with E-state index in [2.05, 4.69) is 0 Å². The van der Waals surface area contributed by atoms with Crippen molar-refractivity contribution >= 4 is 27.5 Å². The molecule has 0 amide bonds. The SMILES string of the molecule is Cc1cc(C)c(C(=O)[C@H](C)OC(=O)c2cc(S(N)(=O)=O)ccc2N2CCOCC2)cc1C. The summed E-state index contributed by atoms with van der Waals surface area (Å²) in [5.41, 5.74) is 3.86. The zero-order valence-corrected chi connectivity index (χ0v) is 19.5. The smallest absolute Gasteiger partial charge is 0.341 e. The van der Waals surface area contributed by atoms with E-state index in [-0.39, 0.29) is 16.2 Å². The van der Waals surface area contributed by atoms with E-state index in [1.165, 1.54) is 25.1 Å². The van der Waals surface area contributed by atoms with E-state index in [0.717, 1.165) is 16.7 Å². The van der Waals surface area contributed by atoms with Crippen molar-refractivity contribution < 1.29 is 27.5 Å². The molecule has 1 saturated heterocycles. The van der Waals surface area contributed by atoms with Crippen molar-refractivity contribution in [3.63, 3.8) is 0 Å². The van der Waals surface area contributed by atoms with Crippen LogP contribution in [0, 0.1) is 20.8 Å². The lowest BCUT2D eigenvalue weighted by Crippen LogP contribution is -2.37. The molecular weight excluding hydrogens is 432 g/mol. The molecule has 0 radical (unpaired) electrons. The summed E-state index contributed by atoms with van der Waals surface area (Å²) in [4.78, 5) is 27.8. The normalized spacial score (nSPS) is 15.3. The fourth-order valence-corrected chi connectivity index (χ4v) is 4.20. The van der Waals surface area contributed by atoms with Gasteiger partial charge in [-0.1, -0.05) is 6.07 Å². The molecule has 9 heteroatoms. The van der Waals surface area contributed by atoms with Crippen LogP contribution >= 0.6 is 0 Å². The molecule has 3 rings (SSSR count). The van der Waals surface area contributed by atoms with Crippen molar-refractivity contribution in [2.75, 3.05) is 31.2 Å². The number of carbonyl (C=O) groups excluding carboxylic acids is 2. The molecule has 1 aliphatic heterocycles. The Labute approximate surface area is 188 Å². The molecule has 8 nitrogen and oxygen atoms in total. The largest absolute Gasteiger partial charge is 0.451 e. The fraction of sp³-hybridized carbons (Fsp3) is 0.391. The van der Waals surface area contributed by atoms with Gasteiger partial charge < -0.3 is 14.4 Å². The van der Waals surface area contributed by atoms with Crippen LogP contribution in [0.2, 0.25) is 0 Å². The Morgan fingerprint density at radius 2 is 1.62 bits per heavy atom. The first kappa shape index (κ1) is 23.9. The summed E-state index contributed by atoms with van der Waals surface area (Å²) in [6.45, 7) is 9.24. The number of anilines is 1. The van der Waals surface area contributed by atoms with Crippen LogP contribution in [-0.4, -0.2) is 52.6 Å². The van der Waals surface area contributed by atoms with Crippen LogP contribution in [0.5, 0.6) is 0 Å². The van der Waals surface area contributed by atoms with Gasteiger partial charge >= 0.3 is 5.97 Å². The van der Waals surface area contributed by atoms with Crippen LogP contribution < -0.4 is 10.0 Å². The van der Waals surface area contributed by atoms with Crippen LogP contribution in [0.15, 0.2) is 35.2 Å². The number of ketones is 1. The number of nitrogens with two attached hydrogens (primary N) is 1. The molecule has 1 atom stereocenters. The highest BCUT2D eigenvalue weighted by Crippen LogP contribution is 2.26. The van der Waals surface area contributed by atoms with Crippen molar-refractivity contribution in [2.45, 2.75) is 38.7 Å². The van der Waals surface area contributed by atoms with E-state index in [9.17, 15) is 18.0 Å². The topological polar surface area (TPSA) is 116 Å². The monoisotopic (exact) mass is 460 g/mol. The first-order valence-corrected chi connectivity index (χ1v) is 11.9. The molecule has 0 saturated carbocycles. The second-order valence-corrected chi connectivity index (χ2v) is 9.55. The third-order valence-electron chi connectivity index (χ3n) is 5.63. The lowest BCUT2D eigenvalue weighted by Gasteiger charge is -2.30. The summed E-state index contributed by atoms with van der Waals surface area (Å²) < 4.78 is 34.5. The van der Waals surface area contributed by atoms with Gasteiger partial charge in [-0.05, 0) is 68.7 Å². The number of aryl methyl sites for hydroxylation is 3. The molecule has 0 spiro atoms. The molecule has 1 heterocycles. The number of sulfonamides is 1. The number of esters is 1. The molecule has 2 aromatic rings. The maximum Gasteiger partial charge on any atom is 0.341 e. The lowest BCUT2D eigenvalue weighted by atomic mass is 9.96. The standard InChI is InChI=1S/C23H28N2O6S/c1-14-11-16(3)19(12-15(14)2)22(26)17(4)31-23(27)20-13-18(32(24,28)29)5-6-21(20)25-7-9-30-10-8-25/h5-6,11-13,17H,7-10H2,1-4H3,(H2,24,28,29)/t17-/m0/s1. The summed E-state index contributed by atoms with van der Waals surface area (Å²) in [7, 11) is -4.03. The third-order valence-corrected chi connectivity index (χ3v) is 6.54. The van der Waals surface area contributed by atoms with Crippen LogP contribution in [-0.2, 0) is 19.5 Å². The average molecular weight is 461 g/mol. The molecule has 32 heavy (non-hydrogen) atoms. The summed E-state index contributed by atoms with van der Waals surface area (Å²) in [5, 5.41) is 5.26. The Kier molecular flexibility index (Phi) is 7.02. The predicted molar refractivity (Wildman–Crippen MR) is 121 cm³/mol. The van der Waals surface area contributed by atoms with Gasteiger partial charge in [0.25, 0.3) is 0 Å². The van der Waals surface area contributed by atoms with Gasteiger partial charge in [0, 0.05) is 18.7 Å². The van der Waals surface area contributed by atoms with E-state index in [1.54, 1.807) is 6.07 Å². The molecule has 172 valence electrons. The zero-order valence-electron chi connectivity index (χ0n) is 18.7. The molecule has 0 unspecified atom stereocenters. The van der Waals surface area contributed by atoms with E-state index >= 15 is 0 Å². The van der Waals surface area contributed by atoms with Crippen molar-refractivity contribution in [2.24, 2.45) is 5.14 Å². The van der Waals surface area contributed by atoms with Crippen LogP contribution in [0.4, 0.5) is 5.69 Å². The maximum atomic E-state index is 13.1. The molecular formula is C23H28N2O6S. The number of Topliss-reactive ketones (excluding diaryl/α,β-unsaturated/α-hetero) is 1.